The van der Waals surface area contributed by atoms with Crippen LogP contribution < -0.4 is 10.0 Å². The minimum absolute atomic E-state index is 0.0286. The van der Waals surface area contributed by atoms with Crippen molar-refractivity contribution in [2.75, 3.05) is 10.0 Å². The molecule has 192 valence electrons. The number of Topliss-reactive ketones (excluding diaryl/α,β-unsaturated/α-hetero) is 1. The van der Waals surface area contributed by atoms with E-state index >= 15 is 0 Å². The SMILES string of the molecule is CC(=O)C1=NN(c2ccc([N+](=O)[O-])cc2)C2(S1)c1ccccc1C(c1ccc(C)cc1)=NN2c1ccccc1. The van der Waals surface area contributed by atoms with Gasteiger partial charge in [0.1, 0.15) is 0 Å². The number of fused-ring (bicyclic) bond motifs is 2. The predicted molar refractivity (Wildman–Crippen MR) is 155 cm³/mol. The average Bonchev–Trinajstić information content (AvgIpc) is 3.36. The standard InChI is InChI=1S/C30H23N5O3S/c1-20-12-14-22(15-13-20)28-26-10-6-7-11-27(26)30(33(31-28)23-8-4-3-5-9-23)34(32-29(39-30)21(2)36)24-16-18-25(19-17-24)35(37)38/h3-19H,1-2H3. The Hall–Kier alpha value is -4.76. The number of hydrogen-bond acceptors (Lipinski definition) is 8. The molecule has 1 unspecified atom stereocenters. The monoisotopic (exact) mass is 533 g/mol. The Kier molecular flexibility index (Phi) is 6.00. The number of rotatable bonds is 5. The summed E-state index contributed by atoms with van der Waals surface area (Å²) in [4.78, 5) is 22.5. The molecule has 8 nitrogen and oxygen atoms in total. The fraction of sp³-hybridized carbons (Fsp3) is 0.100. The molecule has 0 amide bonds. The van der Waals surface area contributed by atoms with Crippen LogP contribution in [0.5, 0.6) is 0 Å². The third kappa shape index (κ3) is 4.07. The molecule has 4 aromatic carbocycles. The Labute approximate surface area is 229 Å². The van der Waals surface area contributed by atoms with Gasteiger partial charge in [-0.25, -0.2) is 10.0 Å². The van der Waals surface area contributed by atoms with E-state index in [1.54, 1.807) is 17.1 Å². The van der Waals surface area contributed by atoms with E-state index in [1.807, 2.05) is 66.5 Å². The molecule has 1 spiro atoms. The van der Waals surface area contributed by atoms with Crippen molar-refractivity contribution in [2.24, 2.45) is 10.2 Å². The number of carbonyl (C=O) groups is 1. The van der Waals surface area contributed by atoms with Gasteiger partial charge in [-0.05, 0) is 43.0 Å². The molecule has 2 heterocycles. The maximum atomic E-state index is 12.7. The van der Waals surface area contributed by atoms with Gasteiger partial charge in [0.05, 0.1) is 22.0 Å². The van der Waals surface area contributed by atoms with Gasteiger partial charge in [0.2, 0.25) is 4.99 Å². The van der Waals surface area contributed by atoms with E-state index in [4.69, 9.17) is 10.2 Å². The van der Waals surface area contributed by atoms with E-state index in [2.05, 4.69) is 24.3 Å². The molecule has 1 atom stereocenters. The van der Waals surface area contributed by atoms with Gasteiger partial charge in [0.25, 0.3) is 5.69 Å². The van der Waals surface area contributed by atoms with Crippen molar-refractivity contribution in [1.29, 1.82) is 0 Å². The molecule has 6 rings (SSSR count). The molecular formula is C30H23N5O3S. The molecule has 0 bridgehead atoms. The minimum atomic E-state index is -1.11. The van der Waals surface area contributed by atoms with Crippen molar-refractivity contribution >= 4 is 45.4 Å². The number of aryl methyl sites for hydroxylation is 1. The lowest BCUT2D eigenvalue weighted by atomic mass is 9.93. The van der Waals surface area contributed by atoms with Crippen molar-refractivity contribution in [3.05, 3.63) is 135 Å². The maximum absolute atomic E-state index is 12.7. The lowest BCUT2D eigenvalue weighted by molar-refractivity contribution is -0.384. The van der Waals surface area contributed by atoms with Gasteiger partial charge in [-0.15, -0.1) is 0 Å². The lowest BCUT2D eigenvalue weighted by Gasteiger charge is -2.47. The first-order chi connectivity index (χ1) is 18.9. The number of nitro benzene ring substituents is 1. The number of non-ortho nitro benzene ring substituents is 1. The normalized spacial score (nSPS) is 18.0. The minimum Gasteiger partial charge on any atom is -0.292 e. The van der Waals surface area contributed by atoms with E-state index in [-0.39, 0.29) is 11.5 Å². The van der Waals surface area contributed by atoms with Gasteiger partial charge in [0, 0.05) is 35.7 Å². The second-order valence-corrected chi connectivity index (χ2v) is 10.4. The predicted octanol–water partition coefficient (Wildman–Crippen LogP) is 6.44. The first-order valence-corrected chi connectivity index (χ1v) is 13.1. The Balaban J connectivity index is 1.64. The fourth-order valence-corrected chi connectivity index (χ4v) is 6.07. The highest BCUT2D eigenvalue weighted by atomic mass is 32.2. The zero-order valence-electron chi connectivity index (χ0n) is 21.2. The van der Waals surface area contributed by atoms with Crippen molar-refractivity contribution in [3.8, 4) is 0 Å². The second-order valence-electron chi connectivity index (χ2n) is 9.26. The van der Waals surface area contributed by atoms with Crippen LogP contribution in [0.4, 0.5) is 17.1 Å². The Morgan fingerprint density at radius 2 is 1.44 bits per heavy atom. The van der Waals surface area contributed by atoms with Gasteiger partial charge in [-0.1, -0.05) is 72.3 Å². The number of para-hydroxylation sites is 1. The van der Waals surface area contributed by atoms with E-state index in [9.17, 15) is 14.9 Å². The Morgan fingerprint density at radius 1 is 0.821 bits per heavy atom. The van der Waals surface area contributed by atoms with Crippen LogP contribution in [-0.4, -0.2) is 21.5 Å². The van der Waals surface area contributed by atoms with Crippen LogP contribution in [0.2, 0.25) is 0 Å². The molecular weight excluding hydrogens is 510 g/mol. The summed E-state index contributed by atoms with van der Waals surface area (Å²) in [5.41, 5.74) is 6.07. The van der Waals surface area contributed by atoms with E-state index in [0.29, 0.717) is 10.7 Å². The molecule has 39 heavy (non-hydrogen) atoms. The smallest absolute Gasteiger partial charge is 0.269 e. The number of nitrogens with zero attached hydrogens (tertiary/aromatic N) is 5. The molecule has 0 aromatic heterocycles. The quantitative estimate of drug-likeness (QED) is 0.217. The van der Waals surface area contributed by atoms with E-state index < -0.39 is 9.92 Å². The highest BCUT2D eigenvalue weighted by Crippen LogP contribution is 2.55. The highest BCUT2D eigenvalue weighted by Gasteiger charge is 2.55. The molecule has 9 heteroatoms. The number of thioether (sulfide) groups is 1. The number of ketones is 1. The van der Waals surface area contributed by atoms with Crippen molar-refractivity contribution in [1.82, 2.24) is 0 Å². The average molecular weight is 534 g/mol. The number of carbonyl (C=O) groups excluding carboxylic acids is 1. The van der Waals surface area contributed by atoms with Crippen LogP contribution in [0.15, 0.2) is 113 Å². The summed E-state index contributed by atoms with van der Waals surface area (Å²) < 4.78 is 0. The highest BCUT2D eigenvalue weighted by molar-refractivity contribution is 8.17. The van der Waals surface area contributed by atoms with Gasteiger partial charge in [-0.3, -0.25) is 14.9 Å². The zero-order chi connectivity index (χ0) is 27.1. The summed E-state index contributed by atoms with van der Waals surface area (Å²) in [5.74, 6) is -0.178. The summed E-state index contributed by atoms with van der Waals surface area (Å²) in [5, 5.41) is 25.3. The van der Waals surface area contributed by atoms with E-state index in [0.717, 1.165) is 33.7 Å². The van der Waals surface area contributed by atoms with Gasteiger partial charge in [-0.2, -0.15) is 10.2 Å². The molecule has 4 aromatic rings. The molecule has 0 aliphatic carbocycles. The molecule has 0 fully saturated rings. The fourth-order valence-electron chi connectivity index (χ4n) is 4.79. The third-order valence-corrected chi connectivity index (χ3v) is 8.08. The maximum Gasteiger partial charge on any atom is 0.269 e. The van der Waals surface area contributed by atoms with Gasteiger partial charge in [0.15, 0.2) is 10.8 Å². The van der Waals surface area contributed by atoms with Crippen molar-refractivity contribution in [3.63, 3.8) is 0 Å². The van der Waals surface area contributed by atoms with Crippen LogP contribution in [0, 0.1) is 17.0 Å². The summed E-state index contributed by atoms with van der Waals surface area (Å²) >= 11 is 1.31. The van der Waals surface area contributed by atoms with Crippen LogP contribution in [0.1, 0.15) is 29.2 Å². The molecule has 2 aliphatic heterocycles. The van der Waals surface area contributed by atoms with Crippen LogP contribution in [-0.2, 0) is 9.79 Å². The van der Waals surface area contributed by atoms with Crippen LogP contribution in [0.25, 0.3) is 0 Å². The van der Waals surface area contributed by atoms with Crippen molar-refractivity contribution < 1.29 is 9.72 Å². The number of anilines is 2. The number of hydrogen-bond donors (Lipinski definition) is 0. The first-order valence-electron chi connectivity index (χ1n) is 12.3. The third-order valence-electron chi connectivity index (χ3n) is 6.67. The summed E-state index contributed by atoms with van der Waals surface area (Å²) in [6.45, 7) is 3.53. The molecule has 0 N–H and O–H groups in total. The summed E-state index contributed by atoms with van der Waals surface area (Å²) in [6, 6.07) is 32.1. The molecule has 0 saturated heterocycles. The zero-order valence-corrected chi connectivity index (χ0v) is 22.0. The number of benzene rings is 4. The van der Waals surface area contributed by atoms with Crippen LogP contribution in [0.3, 0.4) is 0 Å². The second kappa shape index (κ2) is 9.52. The summed E-state index contributed by atoms with van der Waals surface area (Å²) in [7, 11) is 0. The number of hydrazone groups is 2. The molecule has 2 aliphatic rings. The summed E-state index contributed by atoms with van der Waals surface area (Å²) in [6.07, 6.45) is 0. The Morgan fingerprint density at radius 3 is 2.10 bits per heavy atom. The Bertz CT molecular complexity index is 1650. The van der Waals surface area contributed by atoms with Gasteiger partial charge < -0.3 is 0 Å². The van der Waals surface area contributed by atoms with Crippen LogP contribution >= 0.6 is 11.8 Å². The van der Waals surface area contributed by atoms with E-state index in [1.165, 1.54) is 30.8 Å². The topological polar surface area (TPSA) is 91.4 Å². The first kappa shape index (κ1) is 24.6. The van der Waals surface area contributed by atoms with Gasteiger partial charge >= 0.3 is 0 Å². The van der Waals surface area contributed by atoms with Crippen molar-refractivity contribution in [2.45, 2.75) is 18.8 Å². The molecule has 0 saturated carbocycles. The lowest BCUT2D eigenvalue weighted by Crippen LogP contribution is -2.54. The molecule has 0 radical (unpaired) electrons. The largest absolute Gasteiger partial charge is 0.292 e. The number of nitro groups is 1.